The molecule has 1 atom stereocenters. The van der Waals surface area contributed by atoms with E-state index in [2.05, 4.69) is 22.1 Å². The van der Waals surface area contributed by atoms with Gasteiger partial charge in [0, 0.05) is 40.1 Å². The molecule has 1 unspecified atom stereocenters. The molecule has 0 aliphatic heterocycles. The maximum absolute atomic E-state index is 7.07. The molecule has 0 saturated carbocycles. The third kappa shape index (κ3) is 5.50. The minimum atomic E-state index is 0.337. The predicted octanol–water partition coefficient (Wildman–Crippen LogP) is 1.08. The molecule has 0 aromatic rings. The Morgan fingerprint density at radius 1 is 1.62 bits per heavy atom. The number of methoxy groups -OCH3 is 1. The summed E-state index contributed by atoms with van der Waals surface area (Å²) in [5.41, 5.74) is 0. The van der Waals surface area contributed by atoms with Crippen LogP contribution in [0.25, 0.3) is 0 Å². The minimum absolute atomic E-state index is 0.337. The molecule has 0 saturated heterocycles. The Bertz CT molecular complexity index is 250. The van der Waals surface area contributed by atoms with E-state index in [0.717, 1.165) is 25.2 Å². The average Bonchev–Trinajstić information content (AvgIpc) is 2.30. The number of nitrogens with one attached hydrogen (secondary N) is 2. The number of ether oxygens (including phenoxy) is 1. The number of allylic oxidation sites excluding steroid dienone is 1. The second kappa shape index (κ2) is 8.91. The van der Waals surface area contributed by atoms with E-state index in [9.17, 15) is 0 Å². The van der Waals surface area contributed by atoms with Gasteiger partial charge in [-0.25, -0.2) is 0 Å². The molecular formula is C11H22N4O. The first-order valence-electron chi connectivity index (χ1n) is 5.27. The first-order valence-corrected chi connectivity index (χ1v) is 5.27. The van der Waals surface area contributed by atoms with E-state index in [-0.39, 0.29) is 0 Å². The van der Waals surface area contributed by atoms with Crippen LogP contribution in [0.2, 0.25) is 0 Å². The summed E-state index contributed by atoms with van der Waals surface area (Å²) in [7, 11) is 5.39. The summed E-state index contributed by atoms with van der Waals surface area (Å²) in [6, 6.07) is 0.337. The van der Waals surface area contributed by atoms with Crippen LogP contribution < -0.4 is 5.32 Å². The monoisotopic (exact) mass is 226 g/mol. The first kappa shape index (κ1) is 14.6. The van der Waals surface area contributed by atoms with Gasteiger partial charge in [-0.15, -0.1) is 0 Å². The van der Waals surface area contributed by atoms with Gasteiger partial charge in [0.05, 0.1) is 6.34 Å². The summed E-state index contributed by atoms with van der Waals surface area (Å²) in [6.45, 7) is 2.84. The zero-order chi connectivity index (χ0) is 12.4. The van der Waals surface area contributed by atoms with Crippen molar-refractivity contribution in [2.24, 2.45) is 4.99 Å². The number of nitrogens with zero attached hydrogens (tertiary/aromatic N) is 2. The Morgan fingerprint density at radius 2 is 2.31 bits per heavy atom. The van der Waals surface area contributed by atoms with E-state index in [4.69, 9.17) is 10.1 Å². The molecule has 0 heterocycles. The Hall–Kier alpha value is -1.36. The highest BCUT2D eigenvalue weighted by Crippen LogP contribution is 2.06. The van der Waals surface area contributed by atoms with E-state index in [1.165, 1.54) is 0 Å². The molecule has 5 heteroatoms. The molecular weight excluding hydrogens is 204 g/mol. The molecule has 0 aromatic carbocycles. The van der Waals surface area contributed by atoms with Crippen LogP contribution in [0.4, 0.5) is 0 Å². The van der Waals surface area contributed by atoms with Gasteiger partial charge in [-0.1, -0.05) is 0 Å². The lowest BCUT2D eigenvalue weighted by Crippen LogP contribution is -2.35. The fraction of sp³-hybridized carbons (Fsp3) is 0.636. The second-order valence-corrected chi connectivity index (χ2v) is 3.49. The molecule has 16 heavy (non-hydrogen) atoms. The van der Waals surface area contributed by atoms with Gasteiger partial charge in [-0.3, -0.25) is 10.4 Å². The lowest BCUT2D eigenvalue weighted by Gasteiger charge is -2.28. The second-order valence-electron chi connectivity index (χ2n) is 3.49. The standard InChI is InChI=1S/C11H22N4O/c1-10(6-8-16-4)15(3)11(14-9-12)5-7-13-2/h5,7,9-10H,6,8H2,1-4H3,(H2,12,14). The highest BCUT2D eigenvalue weighted by atomic mass is 16.5. The maximum atomic E-state index is 7.07. The Kier molecular flexibility index (Phi) is 8.15. The molecule has 5 nitrogen and oxygen atoms in total. The van der Waals surface area contributed by atoms with Gasteiger partial charge >= 0.3 is 0 Å². The highest BCUT2D eigenvalue weighted by Gasteiger charge is 2.10. The molecule has 2 N–H and O–H groups in total. The van der Waals surface area contributed by atoms with Crippen molar-refractivity contribution in [3.63, 3.8) is 0 Å². The van der Waals surface area contributed by atoms with Gasteiger partial charge in [-0.2, -0.15) is 0 Å². The van der Waals surface area contributed by atoms with Gasteiger partial charge in [-0.05, 0) is 19.4 Å². The van der Waals surface area contributed by atoms with Crippen LogP contribution in [0.3, 0.4) is 0 Å². The van der Waals surface area contributed by atoms with E-state index >= 15 is 0 Å². The normalized spacial score (nSPS) is 13.9. The molecule has 0 rings (SSSR count). The topological polar surface area (TPSA) is 60.7 Å². The van der Waals surface area contributed by atoms with Crippen molar-refractivity contribution < 1.29 is 4.74 Å². The van der Waals surface area contributed by atoms with E-state index in [1.807, 2.05) is 13.1 Å². The van der Waals surface area contributed by atoms with Crippen LogP contribution in [0.15, 0.2) is 16.9 Å². The zero-order valence-corrected chi connectivity index (χ0v) is 10.5. The molecule has 0 aliphatic carbocycles. The van der Waals surface area contributed by atoms with Gasteiger partial charge < -0.3 is 15.0 Å². The summed E-state index contributed by atoms with van der Waals surface area (Å²) < 4.78 is 5.05. The van der Waals surface area contributed by atoms with Crippen LogP contribution >= 0.6 is 0 Å². The Balaban J connectivity index is 4.46. The Labute approximate surface area is 97.7 Å². The largest absolute Gasteiger partial charge is 0.385 e. The molecule has 0 radical (unpaired) electrons. The smallest absolute Gasteiger partial charge is 0.108 e. The van der Waals surface area contributed by atoms with Crippen LogP contribution in [-0.2, 0) is 4.74 Å². The summed E-state index contributed by atoms with van der Waals surface area (Å²) in [5.74, 6) is 0.851. The zero-order valence-electron chi connectivity index (χ0n) is 10.5. The van der Waals surface area contributed by atoms with Crippen molar-refractivity contribution in [3.8, 4) is 0 Å². The highest BCUT2D eigenvalue weighted by molar-refractivity contribution is 5.72. The Morgan fingerprint density at radius 3 is 2.81 bits per heavy atom. The van der Waals surface area contributed by atoms with Crippen molar-refractivity contribution in [1.29, 1.82) is 5.41 Å². The van der Waals surface area contributed by atoms with Gasteiger partial charge in [0.15, 0.2) is 0 Å². The molecule has 0 spiro atoms. The van der Waals surface area contributed by atoms with Crippen LogP contribution in [0.5, 0.6) is 0 Å². The SMILES string of the molecule is CN=CC=C(NC=N)N(C)C(C)CCOC. The van der Waals surface area contributed by atoms with Gasteiger partial charge in [0.2, 0.25) is 0 Å². The number of aliphatic imine (C=N–C) groups is 1. The maximum Gasteiger partial charge on any atom is 0.108 e. The molecule has 0 bridgehead atoms. The average molecular weight is 226 g/mol. The summed E-state index contributed by atoms with van der Waals surface area (Å²) >= 11 is 0. The number of hydrogen-bond donors (Lipinski definition) is 2. The van der Waals surface area contributed by atoms with Crippen molar-refractivity contribution in [3.05, 3.63) is 11.9 Å². The van der Waals surface area contributed by atoms with Crippen molar-refractivity contribution in [1.82, 2.24) is 10.2 Å². The van der Waals surface area contributed by atoms with Crippen LogP contribution in [0.1, 0.15) is 13.3 Å². The van der Waals surface area contributed by atoms with Crippen LogP contribution in [0, 0.1) is 5.41 Å². The third-order valence-electron chi connectivity index (χ3n) is 2.38. The molecule has 0 amide bonds. The fourth-order valence-electron chi connectivity index (χ4n) is 1.21. The van der Waals surface area contributed by atoms with Gasteiger partial charge in [0.1, 0.15) is 5.82 Å². The van der Waals surface area contributed by atoms with Crippen molar-refractivity contribution in [2.75, 3.05) is 27.8 Å². The lowest BCUT2D eigenvalue weighted by atomic mass is 10.2. The lowest BCUT2D eigenvalue weighted by molar-refractivity contribution is 0.164. The molecule has 0 fully saturated rings. The van der Waals surface area contributed by atoms with E-state index in [1.54, 1.807) is 20.4 Å². The van der Waals surface area contributed by atoms with Crippen LogP contribution in [-0.4, -0.2) is 51.3 Å². The minimum Gasteiger partial charge on any atom is -0.385 e. The van der Waals surface area contributed by atoms with Crippen molar-refractivity contribution >= 4 is 12.6 Å². The van der Waals surface area contributed by atoms with E-state index < -0.39 is 0 Å². The number of rotatable bonds is 8. The summed E-state index contributed by atoms with van der Waals surface area (Å²) in [5, 5.41) is 9.94. The van der Waals surface area contributed by atoms with Gasteiger partial charge in [0.25, 0.3) is 0 Å². The fourth-order valence-corrected chi connectivity index (χ4v) is 1.21. The molecule has 0 aromatic heterocycles. The first-order chi connectivity index (χ1) is 7.67. The third-order valence-corrected chi connectivity index (χ3v) is 2.38. The summed E-state index contributed by atoms with van der Waals surface area (Å²) in [6.07, 6.45) is 5.64. The summed E-state index contributed by atoms with van der Waals surface area (Å²) in [4.78, 5) is 5.96. The number of hydrogen-bond acceptors (Lipinski definition) is 4. The van der Waals surface area contributed by atoms with Crippen molar-refractivity contribution in [2.45, 2.75) is 19.4 Å². The quantitative estimate of drug-likeness (QED) is 0.481. The predicted molar refractivity (Wildman–Crippen MR) is 68.1 cm³/mol. The molecule has 92 valence electrons. The van der Waals surface area contributed by atoms with E-state index in [0.29, 0.717) is 6.04 Å². The molecule has 0 aliphatic rings.